The van der Waals surface area contributed by atoms with Gasteiger partial charge in [-0.3, -0.25) is 0 Å². The van der Waals surface area contributed by atoms with Gasteiger partial charge in [0.25, 0.3) is 0 Å². The van der Waals surface area contributed by atoms with Crippen molar-refractivity contribution >= 4 is 10.1 Å². The van der Waals surface area contributed by atoms with Crippen LogP contribution in [0, 0.1) is 39.5 Å². The van der Waals surface area contributed by atoms with Crippen molar-refractivity contribution in [1.82, 2.24) is 0 Å². The van der Waals surface area contributed by atoms with Gasteiger partial charge in [0.15, 0.2) is 0 Å². The van der Waals surface area contributed by atoms with Crippen LogP contribution in [-0.4, -0.2) is 14.6 Å². The number of aromatic hydroxyl groups is 2. The Morgan fingerprint density at radius 3 is 1.44 bits per heavy atom. The van der Waals surface area contributed by atoms with E-state index in [4.69, 9.17) is 3.50 Å². The third kappa shape index (κ3) is 10.2. The zero-order valence-electron chi connectivity index (χ0n) is 33.3. The van der Waals surface area contributed by atoms with E-state index in [1.54, 1.807) is 0 Å². The fraction of sp³-hybridized carbons (Fsp3) is 0.457. The first kappa shape index (κ1) is 41.3. The average Bonchev–Trinajstić information content (AvgIpc) is 3.04. The van der Waals surface area contributed by atoms with Gasteiger partial charge >= 0.3 is 156 Å². The Morgan fingerprint density at radius 2 is 1.06 bits per heavy atom. The zero-order chi connectivity index (χ0) is 37.5. The topological polar surface area (TPSA) is 52.8 Å². The Bertz CT molecular complexity index is 1730. The Balaban J connectivity index is 0.000000271. The van der Waals surface area contributed by atoms with Gasteiger partial charge in [0.1, 0.15) is 11.5 Å². The van der Waals surface area contributed by atoms with Crippen molar-refractivity contribution in [2.24, 2.45) is 15.3 Å². The molecule has 0 fully saturated rings. The normalized spacial score (nSPS) is 11.6. The van der Waals surface area contributed by atoms with Crippen LogP contribution in [0.4, 0.5) is 5.69 Å². The van der Waals surface area contributed by atoms with Gasteiger partial charge in [0, 0.05) is 11.1 Å². The summed E-state index contributed by atoms with van der Waals surface area (Å²) in [7, 11) is 0. The van der Waals surface area contributed by atoms with Gasteiger partial charge in [-0.25, -0.2) is 0 Å². The number of benzene rings is 4. The van der Waals surface area contributed by atoms with E-state index >= 15 is 0 Å². The number of rotatable bonds is 10. The van der Waals surface area contributed by atoms with E-state index in [9.17, 15) is 10.2 Å². The van der Waals surface area contributed by atoms with Gasteiger partial charge in [-0.1, -0.05) is 39.8 Å². The molecule has 0 aliphatic heterocycles. The van der Waals surface area contributed by atoms with Crippen LogP contribution in [0.1, 0.15) is 131 Å². The molecule has 0 amide bonds. The summed E-state index contributed by atoms with van der Waals surface area (Å²) in [5, 5.41) is 22.2. The second-order valence-electron chi connectivity index (χ2n) is 16.1. The van der Waals surface area contributed by atoms with Gasteiger partial charge in [0.2, 0.25) is 0 Å². The molecule has 4 aromatic carbocycles. The van der Waals surface area contributed by atoms with Crippen molar-refractivity contribution in [2.45, 2.75) is 127 Å². The molecule has 0 bridgehead atoms. The monoisotopic (exact) mass is 759 g/mol. The molecule has 270 valence electrons. The smallest absolute Gasteiger partial charge is 0.127 e. The van der Waals surface area contributed by atoms with Crippen molar-refractivity contribution in [3.8, 4) is 22.6 Å². The van der Waals surface area contributed by atoms with Crippen molar-refractivity contribution < 1.29 is 28.1 Å². The number of phenolic OH excluding ortho intramolecular Hbond substituents is 2. The molecule has 2 N–H and O–H groups in total. The second-order valence-corrected chi connectivity index (χ2v) is 17.6. The van der Waals surface area contributed by atoms with Crippen LogP contribution >= 0.6 is 0 Å². The summed E-state index contributed by atoms with van der Waals surface area (Å²) in [6, 6.07) is 21.6. The van der Waals surface area contributed by atoms with E-state index in [1.807, 2.05) is 13.8 Å². The predicted molar refractivity (Wildman–Crippen MR) is 213 cm³/mol. The molecule has 0 unspecified atom stereocenters. The van der Waals surface area contributed by atoms with E-state index in [0.29, 0.717) is 35.2 Å². The maximum absolute atomic E-state index is 11.1. The van der Waals surface area contributed by atoms with Crippen molar-refractivity contribution in [1.29, 1.82) is 0 Å². The van der Waals surface area contributed by atoms with Crippen molar-refractivity contribution in [3.05, 3.63) is 111 Å². The van der Waals surface area contributed by atoms with Gasteiger partial charge in [-0.05, 0) is 85.8 Å². The summed E-state index contributed by atoms with van der Waals surface area (Å²) < 4.78 is 7.59. The van der Waals surface area contributed by atoms with Crippen LogP contribution in [0.25, 0.3) is 11.1 Å². The second kappa shape index (κ2) is 17.9. The van der Waals surface area contributed by atoms with Crippen molar-refractivity contribution in [3.63, 3.8) is 0 Å². The first-order valence-electron chi connectivity index (χ1n) is 18.4. The van der Waals surface area contributed by atoms with E-state index in [1.165, 1.54) is 22.4 Å². The number of hydrogen-bond acceptors (Lipinski definition) is 3. The summed E-state index contributed by atoms with van der Waals surface area (Å²) >= 11 is -0.553. The van der Waals surface area contributed by atoms with Crippen LogP contribution in [-0.2, 0) is 36.2 Å². The summed E-state index contributed by atoms with van der Waals surface area (Å²) in [6.45, 7) is 30.5. The van der Waals surface area contributed by atoms with E-state index in [2.05, 4.69) is 148 Å². The molecule has 0 saturated carbocycles. The van der Waals surface area contributed by atoms with E-state index in [0.717, 1.165) is 57.3 Å². The fourth-order valence-electron chi connectivity index (χ4n) is 6.51. The molecule has 0 heterocycles. The number of nitrogens with zero attached hydrogens (tertiary/aromatic N) is 1. The van der Waals surface area contributed by atoms with Gasteiger partial charge < -0.3 is 10.2 Å². The van der Waals surface area contributed by atoms with Crippen LogP contribution in [0.2, 0.25) is 0 Å². The third-order valence-corrected chi connectivity index (χ3v) is 12.1. The molecule has 0 aliphatic carbocycles. The molecule has 0 aliphatic rings. The average molecular weight is 758 g/mol. The minimum Gasteiger partial charge on any atom is -0.507 e. The Kier molecular flexibility index (Phi) is 14.7. The summed E-state index contributed by atoms with van der Waals surface area (Å²) in [5.41, 5.74) is 13.4. The number of hydrogen-bond donors (Lipinski definition) is 2. The standard InChI is InChI=1S/C24H34O2.C12H17N.C10H12.Mo/c1-13(2)9-19-11-15(5)17(7)21(23(19)25)22-18(8)16(6)12-20(24(22)26)10-14(3)4;1-8(2)10-6-5-7-11(9(3)4)12(10)13;1-10(2,3)9-7-5-4-6-8-9;/h11-14,25-26H,9-10H2,1-8H3;5-9H,1-4H3;1,4-8H,2-3H3;. The molecular weight excluding hydrogens is 694 g/mol. The number of aryl methyl sites for hydroxylation is 2. The molecule has 0 atom stereocenters. The largest absolute Gasteiger partial charge is 0.507 e. The van der Waals surface area contributed by atoms with Gasteiger partial charge in [-0.15, -0.1) is 0 Å². The molecular formula is C46H63MoNO2. The quantitative estimate of drug-likeness (QED) is 0.158. The fourth-order valence-corrected chi connectivity index (χ4v) is 8.40. The SMILES string of the molecule is CC(C)c1cccc(C(C)C)c1[N]=[Mo]=[CH]C(C)(C)c1ccccc1.Cc1cc(CC(C)C)c(O)c(-c2c(C)c(C)cc(CC(C)C)c2O)c1C. The van der Waals surface area contributed by atoms with E-state index < -0.39 is 17.9 Å². The number of phenols is 2. The van der Waals surface area contributed by atoms with E-state index in [-0.39, 0.29) is 5.41 Å². The van der Waals surface area contributed by atoms with Crippen LogP contribution in [0.3, 0.4) is 0 Å². The minimum absolute atomic E-state index is 0.0811. The Labute approximate surface area is 312 Å². The Hall–Kier alpha value is -3.16. The predicted octanol–water partition coefficient (Wildman–Crippen LogP) is 13.0. The maximum Gasteiger partial charge on any atom is 0.127 e. The summed E-state index contributed by atoms with van der Waals surface area (Å²) in [6.07, 6.45) is 1.65. The molecule has 0 aromatic heterocycles. The Morgan fingerprint density at radius 1 is 0.640 bits per heavy atom. The molecule has 4 rings (SSSR count). The van der Waals surface area contributed by atoms with Crippen LogP contribution < -0.4 is 0 Å². The maximum atomic E-state index is 11.1. The van der Waals surface area contributed by atoms with Crippen LogP contribution in [0.15, 0.2) is 64.2 Å². The first-order chi connectivity index (χ1) is 23.4. The molecule has 4 aromatic rings. The summed E-state index contributed by atoms with van der Waals surface area (Å²) in [4.78, 5) is 0. The molecule has 4 heteroatoms. The molecule has 0 radical (unpaired) electrons. The third-order valence-electron chi connectivity index (χ3n) is 9.65. The molecule has 0 spiro atoms. The zero-order valence-corrected chi connectivity index (χ0v) is 35.3. The van der Waals surface area contributed by atoms with Crippen molar-refractivity contribution in [2.75, 3.05) is 0 Å². The van der Waals surface area contributed by atoms with Crippen LogP contribution in [0.5, 0.6) is 11.5 Å². The van der Waals surface area contributed by atoms with Gasteiger partial charge in [0.05, 0.1) is 0 Å². The first-order valence-corrected chi connectivity index (χ1v) is 20.5. The molecule has 3 nitrogen and oxygen atoms in total. The minimum atomic E-state index is -0.553. The molecule has 50 heavy (non-hydrogen) atoms. The van der Waals surface area contributed by atoms with Gasteiger partial charge in [-0.2, -0.15) is 0 Å². The molecule has 0 saturated heterocycles. The summed E-state index contributed by atoms with van der Waals surface area (Å²) in [5.74, 6) is 2.58.